The van der Waals surface area contributed by atoms with E-state index in [1.165, 1.54) is 4.57 Å². The van der Waals surface area contributed by atoms with Gasteiger partial charge in [0.1, 0.15) is 5.75 Å². The summed E-state index contributed by atoms with van der Waals surface area (Å²) < 4.78 is 7.10. The Morgan fingerprint density at radius 2 is 2.11 bits per heavy atom. The van der Waals surface area contributed by atoms with E-state index in [2.05, 4.69) is 6.92 Å². The number of fused-ring (bicyclic) bond motifs is 1. The van der Waals surface area contributed by atoms with Crippen LogP contribution in [0.1, 0.15) is 30.1 Å². The van der Waals surface area contributed by atoms with Crippen molar-refractivity contribution in [2.24, 2.45) is 7.05 Å². The summed E-state index contributed by atoms with van der Waals surface area (Å²) in [5.74, 6) is 0.745. The zero-order valence-electron chi connectivity index (χ0n) is 11.2. The first-order chi connectivity index (χ1) is 9.17. The van der Waals surface area contributed by atoms with Crippen molar-refractivity contribution in [3.63, 3.8) is 0 Å². The Morgan fingerprint density at radius 3 is 2.79 bits per heavy atom. The van der Waals surface area contributed by atoms with Crippen LogP contribution < -0.4 is 10.3 Å². The minimum atomic E-state index is -0.284. The van der Waals surface area contributed by atoms with Crippen molar-refractivity contribution >= 4 is 17.2 Å². The molecule has 2 rings (SSSR count). The highest BCUT2D eigenvalue weighted by Gasteiger charge is 2.07. The molecule has 4 nitrogen and oxygen atoms in total. The average Bonchev–Trinajstić information content (AvgIpc) is 2.43. The monoisotopic (exact) mass is 259 g/mol. The third-order valence-corrected chi connectivity index (χ3v) is 3.12. The van der Waals surface area contributed by atoms with Crippen molar-refractivity contribution in [2.75, 3.05) is 6.61 Å². The minimum absolute atomic E-state index is 0.176. The van der Waals surface area contributed by atoms with Gasteiger partial charge in [-0.1, -0.05) is 13.3 Å². The molecule has 4 heteroatoms. The molecule has 0 aliphatic carbocycles. The molecule has 0 aliphatic rings. The molecule has 0 fully saturated rings. The molecule has 1 aromatic heterocycles. The Labute approximate surface area is 111 Å². The third-order valence-electron chi connectivity index (χ3n) is 3.12. The van der Waals surface area contributed by atoms with Crippen molar-refractivity contribution in [1.82, 2.24) is 4.57 Å². The molecular weight excluding hydrogens is 242 g/mol. The maximum atomic E-state index is 11.9. The van der Waals surface area contributed by atoms with E-state index in [0.717, 1.165) is 29.5 Å². The first-order valence-electron chi connectivity index (χ1n) is 6.39. The number of benzene rings is 1. The fraction of sp³-hybridized carbons (Fsp3) is 0.333. The maximum absolute atomic E-state index is 11.9. The van der Waals surface area contributed by atoms with Crippen LogP contribution in [0.2, 0.25) is 0 Å². The molecule has 100 valence electrons. The lowest BCUT2D eigenvalue weighted by Crippen LogP contribution is -2.20. The number of pyridine rings is 1. The van der Waals surface area contributed by atoms with E-state index in [1.54, 1.807) is 13.1 Å². The van der Waals surface area contributed by atoms with Crippen molar-refractivity contribution in [2.45, 2.75) is 19.8 Å². The Kier molecular flexibility index (Phi) is 4.00. The number of aryl methyl sites for hydroxylation is 1. The van der Waals surface area contributed by atoms with Crippen LogP contribution in [0.15, 0.2) is 29.1 Å². The predicted molar refractivity (Wildman–Crippen MR) is 75.0 cm³/mol. The molecular formula is C15H17NO3. The molecule has 0 bridgehead atoms. The van der Waals surface area contributed by atoms with Crippen LogP contribution in [-0.2, 0) is 7.05 Å². The van der Waals surface area contributed by atoms with Gasteiger partial charge in [0.05, 0.1) is 17.7 Å². The zero-order chi connectivity index (χ0) is 13.8. The van der Waals surface area contributed by atoms with Crippen molar-refractivity contribution in [3.8, 4) is 5.75 Å². The molecule has 0 spiro atoms. The fourth-order valence-electron chi connectivity index (χ4n) is 1.98. The van der Waals surface area contributed by atoms with E-state index in [0.29, 0.717) is 12.9 Å². The molecule has 19 heavy (non-hydrogen) atoms. The minimum Gasteiger partial charge on any atom is -0.494 e. The highest BCUT2D eigenvalue weighted by Crippen LogP contribution is 2.20. The van der Waals surface area contributed by atoms with E-state index in [1.807, 2.05) is 18.2 Å². The fourth-order valence-corrected chi connectivity index (χ4v) is 1.98. The summed E-state index contributed by atoms with van der Waals surface area (Å²) in [5.41, 5.74) is 0.660. The summed E-state index contributed by atoms with van der Waals surface area (Å²) in [6, 6.07) is 7.17. The number of hydrogen-bond acceptors (Lipinski definition) is 3. The Hall–Kier alpha value is -2.10. The maximum Gasteiger partial charge on any atom is 0.261 e. The van der Waals surface area contributed by atoms with Gasteiger partial charge in [-0.2, -0.15) is 0 Å². The number of carbonyl (C=O) groups is 1. The summed E-state index contributed by atoms with van der Waals surface area (Å²) in [6.45, 7) is 2.77. The lowest BCUT2D eigenvalue weighted by molar-refractivity contribution is 0.112. The van der Waals surface area contributed by atoms with Gasteiger partial charge in [-0.3, -0.25) is 9.59 Å². The number of aldehydes is 1. The van der Waals surface area contributed by atoms with Crippen molar-refractivity contribution in [3.05, 3.63) is 40.2 Å². The second-order valence-electron chi connectivity index (χ2n) is 4.50. The molecule has 0 radical (unpaired) electrons. The number of hydrogen-bond donors (Lipinski definition) is 0. The van der Waals surface area contributed by atoms with Crippen LogP contribution in [0, 0.1) is 0 Å². The Bertz CT molecular complexity index is 658. The second kappa shape index (κ2) is 5.69. The second-order valence-corrected chi connectivity index (χ2v) is 4.50. The van der Waals surface area contributed by atoms with Gasteiger partial charge in [-0.25, -0.2) is 0 Å². The molecule has 0 aliphatic heterocycles. The Balaban J connectivity index is 2.45. The smallest absolute Gasteiger partial charge is 0.261 e. The average molecular weight is 259 g/mol. The number of carbonyl (C=O) groups excluding carboxylic acids is 1. The van der Waals surface area contributed by atoms with Gasteiger partial charge in [0.15, 0.2) is 6.29 Å². The summed E-state index contributed by atoms with van der Waals surface area (Å²) in [5, 5.41) is 0.854. The standard InChI is InChI=1S/C15H17NO3/c1-3-4-7-19-13-6-5-11-8-12(10-17)15(18)16(2)14(11)9-13/h5-6,8-10H,3-4,7H2,1-2H3. The molecule has 1 heterocycles. The predicted octanol–water partition coefficient (Wildman–Crippen LogP) is 2.53. The van der Waals surface area contributed by atoms with Gasteiger partial charge >= 0.3 is 0 Å². The topological polar surface area (TPSA) is 48.3 Å². The van der Waals surface area contributed by atoms with Gasteiger partial charge in [0.2, 0.25) is 0 Å². The number of rotatable bonds is 5. The van der Waals surface area contributed by atoms with Gasteiger partial charge in [-0.05, 0) is 30.0 Å². The molecule has 0 saturated carbocycles. The third kappa shape index (κ3) is 2.67. The van der Waals surface area contributed by atoms with E-state index in [-0.39, 0.29) is 11.1 Å². The summed E-state index contributed by atoms with van der Waals surface area (Å²) >= 11 is 0. The van der Waals surface area contributed by atoms with Gasteiger partial charge in [0, 0.05) is 13.1 Å². The molecule has 0 saturated heterocycles. The first kappa shape index (κ1) is 13.3. The quantitative estimate of drug-likeness (QED) is 0.612. The summed E-state index contributed by atoms with van der Waals surface area (Å²) in [7, 11) is 1.66. The number of ether oxygens (including phenoxy) is 1. The van der Waals surface area contributed by atoms with Gasteiger partial charge in [0.25, 0.3) is 5.56 Å². The molecule has 0 N–H and O–H groups in total. The zero-order valence-corrected chi connectivity index (χ0v) is 11.2. The van der Waals surface area contributed by atoms with E-state index < -0.39 is 0 Å². The van der Waals surface area contributed by atoms with E-state index >= 15 is 0 Å². The van der Waals surface area contributed by atoms with Crippen LogP contribution in [0.3, 0.4) is 0 Å². The van der Waals surface area contributed by atoms with Gasteiger partial charge in [-0.15, -0.1) is 0 Å². The van der Waals surface area contributed by atoms with Crippen LogP contribution >= 0.6 is 0 Å². The normalized spacial score (nSPS) is 10.6. The van der Waals surface area contributed by atoms with E-state index in [9.17, 15) is 9.59 Å². The lowest BCUT2D eigenvalue weighted by atomic mass is 10.1. The lowest BCUT2D eigenvalue weighted by Gasteiger charge is -2.09. The highest BCUT2D eigenvalue weighted by atomic mass is 16.5. The summed E-state index contributed by atoms with van der Waals surface area (Å²) in [6.07, 6.45) is 2.67. The largest absolute Gasteiger partial charge is 0.494 e. The van der Waals surface area contributed by atoms with Gasteiger partial charge < -0.3 is 9.30 Å². The first-order valence-corrected chi connectivity index (χ1v) is 6.39. The number of nitrogens with zero attached hydrogens (tertiary/aromatic N) is 1. The highest BCUT2D eigenvalue weighted by molar-refractivity contribution is 5.86. The Morgan fingerprint density at radius 1 is 1.32 bits per heavy atom. The van der Waals surface area contributed by atoms with Crippen LogP contribution in [0.5, 0.6) is 5.75 Å². The van der Waals surface area contributed by atoms with Crippen molar-refractivity contribution < 1.29 is 9.53 Å². The molecule has 1 aromatic carbocycles. The van der Waals surface area contributed by atoms with Crippen LogP contribution in [0.4, 0.5) is 0 Å². The van der Waals surface area contributed by atoms with Crippen molar-refractivity contribution in [1.29, 1.82) is 0 Å². The SMILES string of the molecule is CCCCOc1ccc2cc(C=O)c(=O)n(C)c2c1. The molecule has 2 aromatic rings. The summed E-state index contributed by atoms with van der Waals surface area (Å²) in [4.78, 5) is 22.7. The molecule has 0 amide bonds. The number of unbranched alkanes of at least 4 members (excludes halogenated alkanes) is 1. The number of aromatic nitrogens is 1. The molecule has 0 atom stereocenters. The van der Waals surface area contributed by atoms with Crippen LogP contribution in [0.25, 0.3) is 10.9 Å². The molecule has 0 unspecified atom stereocenters. The van der Waals surface area contributed by atoms with E-state index in [4.69, 9.17) is 4.74 Å². The van der Waals surface area contributed by atoms with Crippen LogP contribution in [-0.4, -0.2) is 17.5 Å².